The molecule has 2 aromatic rings. The molecule has 1 aliphatic heterocycles. The van der Waals surface area contributed by atoms with Gasteiger partial charge in [-0.15, -0.1) is 11.3 Å². The summed E-state index contributed by atoms with van der Waals surface area (Å²) >= 11 is 7.29. The molecule has 0 radical (unpaired) electrons. The molecule has 3 heterocycles. The Kier molecular flexibility index (Phi) is 7.81. The molecule has 1 aliphatic carbocycles. The predicted octanol–water partition coefficient (Wildman–Crippen LogP) is 4.53. The molecule has 8 nitrogen and oxygen atoms in total. The fourth-order valence-corrected chi connectivity index (χ4v) is 5.04. The molecule has 1 unspecified atom stereocenters. The van der Waals surface area contributed by atoms with Crippen molar-refractivity contribution in [1.29, 1.82) is 0 Å². The van der Waals surface area contributed by atoms with Crippen molar-refractivity contribution in [1.82, 2.24) is 20.2 Å². The molecule has 10 heteroatoms. The number of aromatic nitrogens is 2. The zero-order valence-corrected chi connectivity index (χ0v) is 19.5. The van der Waals surface area contributed by atoms with E-state index in [-0.39, 0.29) is 37.1 Å². The Morgan fingerprint density at radius 2 is 2.00 bits per heavy atom. The van der Waals surface area contributed by atoms with Gasteiger partial charge in [-0.25, -0.2) is 14.8 Å². The van der Waals surface area contributed by atoms with Gasteiger partial charge in [0.1, 0.15) is 12.4 Å². The lowest BCUT2D eigenvalue weighted by atomic mass is 10.0. The zero-order chi connectivity index (χ0) is 22.3. The number of rotatable bonds is 7. The molecule has 0 aromatic carbocycles. The van der Waals surface area contributed by atoms with Crippen LogP contribution in [-0.4, -0.2) is 52.1 Å². The lowest BCUT2D eigenvalue weighted by Gasteiger charge is -2.35. The highest BCUT2D eigenvalue weighted by atomic mass is 35.5. The van der Waals surface area contributed by atoms with Crippen LogP contribution in [0.1, 0.15) is 50.6 Å². The van der Waals surface area contributed by atoms with Gasteiger partial charge in [0.15, 0.2) is 5.13 Å². The number of carbonyl (C=O) groups excluding carboxylic acids is 2. The van der Waals surface area contributed by atoms with Gasteiger partial charge < -0.3 is 20.3 Å². The topological polar surface area (TPSA) is 96.5 Å². The van der Waals surface area contributed by atoms with Crippen LogP contribution in [0.3, 0.4) is 0 Å². The minimum Gasteiger partial charge on any atom is -0.447 e. The van der Waals surface area contributed by atoms with E-state index >= 15 is 0 Å². The second-order valence-corrected chi connectivity index (χ2v) is 9.56. The van der Waals surface area contributed by atoms with E-state index in [9.17, 15) is 9.59 Å². The Bertz CT molecular complexity index is 917. The quantitative estimate of drug-likeness (QED) is 0.608. The summed E-state index contributed by atoms with van der Waals surface area (Å²) in [4.78, 5) is 35.7. The normalized spacial score (nSPS) is 19.0. The van der Waals surface area contributed by atoms with Crippen molar-refractivity contribution in [3.63, 3.8) is 0 Å². The van der Waals surface area contributed by atoms with E-state index in [1.54, 1.807) is 18.3 Å². The van der Waals surface area contributed by atoms with E-state index in [2.05, 4.69) is 20.6 Å². The standard InChI is InChI=1S/C22H28ClN5O3S/c23-15-8-9-19(24-12-15)27-21-25-17(14-32-21)11-20(29)28-10-4-3-7-18(28)13-31-22(30)26-16-5-1-2-6-16/h8-9,12,14,16,18H,1-7,10-11,13H2,(H,26,30)(H,24,25,27). The van der Waals surface area contributed by atoms with Crippen LogP contribution >= 0.6 is 22.9 Å². The van der Waals surface area contributed by atoms with E-state index in [1.165, 1.54) is 11.3 Å². The number of ether oxygens (including phenoxy) is 1. The van der Waals surface area contributed by atoms with Gasteiger partial charge in [0.25, 0.3) is 0 Å². The Balaban J connectivity index is 1.28. The smallest absolute Gasteiger partial charge is 0.407 e. The predicted molar refractivity (Wildman–Crippen MR) is 124 cm³/mol. The second-order valence-electron chi connectivity index (χ2n) is 8.27. The van der Waals surface area contributed by atoms with Crippen LogP contribution in [0, 0.1) is 0 Å². The molecule has 1 saturated heterocycles. The summed E-state index contributed by atoms with van der Waals surface area (Å²) in [5.74, 6) is 0.654. The van der Waals surface area contributed by atoms with Gasteiger partial charge >= 0.3 is 6.09 Å². The lowest BCUT2D eigenvalue weighted by Crippen LogP contribution is -2.47. The molecular weight excluding hydrogens is 450 g/mol. The number of piperidine rings is 1. The fourth-order valence-electron chi connectivity index (χ4n) is 4.21. The first-order chi connectivity index (χ1) is 15.6. The summed E-state index contributed by atoms with van der Waals surface area (Å²) in [7, 11) is 0. The summed E-state index contributed by atoms with van der Waals surface area (Å²) in [5.41, 5.74) is 0.709. The highest BCUT2D eigenvalue weighted by Crippen LogP contribution is 2.23. The first kappa shape index (κ1) is 22.8. The number of thiazole rings is 1. The van der Waals surface area contributed by atoms with E-state index in [1.807, 2.05) is 10.3 Å². The highest BCUT2D eigenvalue weighted by Gasteiger charge is 2.28. The maximum Gasteiger partial charge on any atom is 0.407 e. The Morgan fingerprint density at radius 3 is 2.78 bits per heavy atom. The number of likely N-dealkylation sites (tertiary alicyclic amines) is 1. The van der Waals surface area contributed by atoms with Gasteiger partial charge in [-0.3, -0.25) is 4.79 Å². The molecular formula is C22H28ClN5O3S. The maximum atomic E-state index is 13.0. The van der Waals surface area contributed by atoms with Gasteiger partial charge in [0, 0.05) is 24.2 Å². The second kappa shape index (κ2) is 11.0. The van der Waals surface area contributed by atoms with Crippen molar-refractivity contribution in [3.8, 4) is 0 Å². The number of carbonyl (C=O) groups is 2. The van der Waals surface area contributed by atoms with Crippen molar-refractivity contribution in [2.24, 2.45) is 0 Å². The van der Waals surface area contributed by atoms with Gasteiger partial charge in [0.2, 0.25) is 5.91 Å². The number of pyridine rings is 1. The number of hydrogen-bond donors (Lipinski definition) is 2. The average molecular weight is 478 g/mol. The first-order valence-corrected chi connectivity index (χ1v) is 12.4. The van der Waals surface area contributed by atoms with Crippen LogP contribution in [-0.2, 0) is 16.0 Å². The molecule has 1 atom stereocenters. The van der Waals surface area contributed by atoms with Crippen molar-refractivity contribution in [2.45, 2.75) is 63.5 Å². The molecule has 2 fully saturated rings. The summed E-state index contributed by atoms with van der Waals surface area (Å²) in [6.45, 7) is 0.914. The largest absolute Gasteiger partial charge is 0.447 e. The average Bonchev–Trinajstić information content (AvgIpc) is 3.46. The summed E-state index contributed by atoms with van der Waals surface area (Å²) in [5, 5.41) is 9.17. The van der Waals surface area contributed by atoms with Gasteiger partial charge in [0.05, 0.1) is 23.2 Å². The molecule has 1 saturated carbocycles. The van der Waals surface area contributed by atoms with Crippen molar-refractivity contribution >= 4 is 45.9 Å². The molecule has 172 valence electrons. The summed E-state index contributed by atoms with van der Waals surface area (Å²) < 4.78 is 5.47. The third-order valence-corrected chi connectivity index (χ3v) is 6.91. The maximum absolute atomic E-state index is 13.0. The first-order valence-electron chi connectivity index (χ1n) is 11.1. The van der Waals surface area contributed by atoms with Crippen molar-refractivity contribution < 1.29 is 14.3 Å². The number of anilines is 2. The minimum atomic E-state index is -0.374. The number of nitrogens with one attached hydrogen (secondary N) is 2. The molecule has 32 heavy (non-hydrogen) atoms. The molecule has 2 amide bonds. The Hall–Kier alpha value is -2.39. The van der Waals surface area contributed by atoms with Crippen LogP contribution in [0.15, 0.2) is 23.7 Å². The Labute approximate surface area is 196 Å². The van der Waals surface area contributed by atoms with Gasteiger partial charge in [-0.2, -0.15) is 0 Å². The SMILES string of the molecule is O=C(NC1CCCC1)OCC1CCCCN1C(=O)Cc1csc(Nc2ccc(Cl)cn2)n1. The molecule has 0 spiro atoms. The number of nitrogens with zero attached hydrogens (tertiary/aromatic N) is 3. The minimum absolute atomic E-state index is 0.0102. The van der Waals surface area contributed by atoms with Crippen molar-refractivity contribution in [3.05, 3.63) is 34.4 Å². The fraction of sp³-hybridized carbons (Fsp3) is 0.545. The molecule has 2 aromatic heterocycles. The highest BCUT2D eigenvalue weighted by molar-refractivity contribution is 7.13. The van der Waals surface area contributed by atoms with Crippen LogP contribution in [0.2, 0.25) is 5.02 Å². The molecule has 4 rings (SSSR count). The molecule has 0 bridgehead atoms. The van der Waals surface area contributed by atoms with E-state index < -0.39 is 0 Å². The van der Waals surface area contributed by atoms with Crippen LogP contribution in [0.5, 0.6) is 0 Å². The third-order valence-electron chi connectivity index (χ3n) is 5.88. The van der Waals surface area contributed by atoms with Gasteiger partial charge in [-0.1, -0.05) is 24.4 Å². The van der Waals surface area contributed by atoms with E-state index in [0.29, 0.717) is 28.2 Å². The van der Waals surface area contributed by atoms with Gasteiger partial charge in [-0.05, 0) is 44.2 Å². The third kappa shape index (κ3) is 6.32. The summed E-state index contributed by atoms with van der Waals surface area (Å²) in [6.07, 6.45) is 8.58. The molecule has 2 N–H and O–H groups in total. The van der Waals surface area contributed by atoms with Crippen LogP contribution < -0.4 is 10.6 Å². The number of hydrogen-bond acceptors (Lipinski definition) is 7. The zero-order valence-electron chi connectivity index (χ0n) is 17.9. The number of amides is 2. The Morgan fingerprint density at radius 1 is 1.19 bits per heavy atom. The number of halogens is 1. The van der Waals surface area contributed by atoms with E-state index in [0.717, 1.165) is 44.9 Å². The summed E-state index contributed by atoms with van der Waals surface area (Å²) in [6, 6.07) is 3.67. The lowest BCUT2D eigenvalue weighted by molar-refractivity contribution is -0.135. The van der Waals surface area contributed by atoms with E-state index in [4.69, 9.17) is 16.3 Å². The van der Waals surface area contributed by atoms with Crippen LogP contribution in [0.4, 0.5) is 15.7 Å². The molecule has 2 aliphatic rings. The van der Waals surface area contributed by atoms with Crippen molar-refractivity contribution in [2.75, 3.05) is 18.5 Å². The number of alkyl carbamates (subject to hydrolysis) is 1. The monoisotopic (exact) mass is 477 g/mol. The van der Waals surface area contributed by atoms with Crippen LogP contribution in [0.25, 0.3) is 0 Å².